The minimum absolute atomic E-state index is 0.0165. The van der Waals surface area contributed by atoms with Crippen molar-refractivity contribution in [3.63, 3.8) is 0 Å². The zero-order valence-electron chi connectivity index (χ0n) is 14.4. The third-order valence-electron chi connectivity index (χ3n) is 2.08. The van der Waals surface area contributed by atoms with E-state index in [4.69, 9.17) is 8.85 Å². The smallest absolute Gasteiger partial charge is 0.412 e. The minimum atomic E-state index is -2.45. The van der Waals surface area contributed by atoms with Crippen LogP contribution in [0.4, 0.5) is 10.5 Å². The molecule has 1 aromatic rings. The molecule has 5 nitrogen and oxygen atoms in total. The summed E-state index contributed by atoms with van der Waals surface area (Å²) >= 11 is 0. The highest BCUT2D eigenvalue weighted by Crippen LogP contribution is 2.19. The monoisotopic (exact) mass is 268 g/mol. The molecule has 1 aromatic carbocycles. The molecule has 104 valence electrons. The van der Waals surface area contributed by atoms with Crippen molar-refractivity contribution in [1.29, 1.82) is 0 Å². The van der Waals surface area contributed by atoms with Crippen LogP contribution in [0.5, 0.6) is 0 Å². The minimum Gasteiger partial charge on any atom is -0.465 e. The van der Waals surface area contributed by atoms with E-state index in [1.54, 1.807) is 20.8 Å². The second-order valence-electron chi connectivity index (χ2n) is 4.88. The third-order valence-corrected chi connectivity index (χ3v) is 2.08. The Morgan fingerprint density at radius 2 is 2.00 bits per heavy atom. The molecule has 0 aliphatic heterocycles. The van der Waals surface area contributed by atoms with E-state index in [2.05, 4.69) is 10.1 Å². The molecule has 0 aliphatic carbocycles. The number of esters is 1. The first-order valence-electron chi connectivity index (χ1n) is 7.17. The Labute approximate surface area is 117 Å². The van der Waals surface area contributed by atoms with Gasteiger partial charge in [0.05, 0.1) is 12.7 Å². The summed E-state index contributed by atoms with van der Waals surface area (Å²) < 4.78 is 32.1. The van der Waals surface area contributed by atoms with Gasteiger partial charge in [0, 0.05) is 9.80 Å². The van der Waals surface area contributed by atoms with Crippen LogP contribution in [-0.4, -0.2) is 24.8 Å². The number of rotatable bonds is 2. The molecule has 1 rings (SSSR count). The van der Waals surface area contributed by atoms with E-state index < -0.39 is 24.5 Å². The molecule has 1 N–H and O–H groups in total. The number of hydrogen-bond acceptors (Lipinski definition) is 4. The number of methoxy groups -OCH3 is 1. The van der Waals surface area contributed by atoms with Crippen molar-refractivity contribution in [2.24, 2.45) is 0 Å². The highest BCUT2D eigenvalue weighted by molar-refractivity contribution is 5.93. The Morgan fingerprint density at radius 1 is 1.32 bits per heavy atom. The van der Waals surface area contributed by atoms with Crippen molar-refractivity contribution in [3.8, 4) is 0 Å². The van der Waals surface area contributed by atoms with Crippen molar-refractivity contribution in [3.05, 3.63) is 29.3 Å². The summed E-state index contributed by atoms with van der Waals surface area (Å²) in [7, 11) is 1.21. The normalized spacial score (nSPS) is 13.8. The maximum atomic E-state index is 11.8. The average molecular weight is 268 g/mol. The van der Waals surface area contributed by atoms with Crippen LogP contribution in [0.2, 0.25) is 0 Å². The lowest BCUT2D eigenvalue weighted by atomic mass is 10.1. The molecule has 19 heavy (non-hydrogen) atoms. The van der Waals surface area contributed by atoms with Crippen molar-refractivity contribution in [1.82, 2.24) is 0 Å². The van der Waals surface area contributed by atoms with Crippen molar-refractivity contribution in [2.45, 2.75) is 33.2 Å². The summed E-state index contributed by atoms with van der Waals surface area (Å²) in [5, 5.41) is 2.36. The number of amides is 1. The number of nitrogens with one attached hydrogen (secondary N) is 1. The molecule has 0 radical (unpaired) electrons. The molecule has 0 unspecified atom stereocenters. The number of carbonyl (C=O) groups excluding carboxylic acids is 2. The largest absolute Gasteiger partial charge is 0.465 e. The second kappa shape index (κ2) is 5.73. The van der Waals surface area contributed by atoms with E-state index in [1.807, 2.05) is 0 Å². The van der Waals surface area contributed by atoms with Gasteiger partial charge < -0.3 is 9.47 Å². The number of anilines is 1. The van der Waals surface area contributed by atoms with Gasteiger partial charge in [-0.1, -0.05) is 6.07 Å². The van der Waals surface area contributed by atoms with E-state index in [9.17, 15) is 9.59 Å². The highest BCUT2D eigenvalue weighted by Gasteiger charge is 2.17. The zero-order valence-corrected chi connectivity index (χ0v) is 11.4. The summed E-state index contributed by atoms with van der Waals surface area (Å²) in [6.07, 6.45) is -0.806. The molecule has 0 atom stereocenters. The lowest BCUT2D eigenvalue weighted by Gasteiger charge is -2.20. The number of hydrogen-bond donors (Lipinski definition) is 1. The lowest BCUT2D eigenvalue weighted by Crippen LogP contribution is -2.27. The molecule has 0 saturated carbocycles. The molecule has 0 aliphatic rings. The predicted octanol–water partition coefficient (Wildman–Crippen LogP) is 3.13. The van der Waals surface area contributed by atoms with E-state index in [-0.39, 0.29) is 16.8 Å². The summed E-state index contributed by atoms with van der Waals surface area (Å²) in [6, 6.07) is 3.83. The number of ether oxygens (including phenoxy) is 2. The molecular weight excluding hydrogens is 246 g/mol. The summed E-state index contributed by atoms with van der Waals surface area (Å²) in [6.45, 7) is 2.60. The highest BCUT2D eigenvalue weighted by atomic mass is 16.6. The number of benzene rings is 1. The summed E-state index contributed by atoms with van der Waals surface area (Å²) in [5.74, 6) is -0.635. The van der Waals surface area contributed by atoms with Gasteiger partial charge in [0.2, 0.25) is 0 Å². The van der Waals surface area contributed by atoms with Gasteiger partial charge in [-0.25, -0.2) is 9.59 Å². The number of carbonyl (C=O) groups is 2. The van der Waals surface area contributed by atoms with Gasteiger partial charge in [0.15, 0.2) is 0 Å². The quantitative estimate of drug-likeness (QED) is 0.837. The van der Waals surface area contributed by atoms with Gasteiger partial charge in [-0.3, -0.25) is 5.32 Å². The van der Waals surface area contributed by atoms with E-state index in [1.165, 1.54) is 25.3 Å². The maximum Gasteiger partial charge on any atom is 0.412 e. The Kier molecular flexibility index (Phi) is 3.27. The molecule has 0 aromatic heterocycles. The lowest BCUT2D eigenvalue weighted by molar-refractivity contribution is 0.0596. The van der Waals surface area contributed by atoms with Gasteiger partial charge in [0.25, 0.3) is 0 Å². The molecular formula is C14H19NO4. The summed E-state index contributed by atoms with van der Waals surface area (Å²) in [4.78, 5) is 23.4. The van der Waals surface area contributed by atoms with Crippen LogP contribution >= 0.6 is 0 Å². The van der Waals surface area contributed by atoms with Crippen LogP contribution in [0.15, 0.2) is 18.2 Å². The second-order valence-corrected chi connectivity index (χ2v) is 4.88. The molecule has 0 saturated heterocycles. The maximum absolute atomic E-state index is 11.8. The molecule has 1 amide bonds. The van der Waals surface area contributed by atoms with E-state index in [0.29, 0.717) is 0 Å². The Balaban J connectivity index is 3.17. The third kappa shape index (κ3) is 4.62. The van der Waals surface area contributed by atoms with Gasteiger partial charge in [0.1, 0.15) is 5.60 Å². The van der Waals surface area contributed by atoms with E-state index >= 15 is 0 Å². The first-order valence-corrected chi connectivity index (χ1v) is 5.67. The first-order chi connectivity index (χ1) is 9.94. The molecule has 0 spiro atoms. The van der Waals surface area contributed by atoms with E-state index in [0.717, 1.165) is 0 Å². The molecule has 0 bridgehead atoms. The van der Waals surface area contributed by atoms with Crippen molar-refractivity contribution in [2.75, 3.05) is 12.4 Å². The first kappa shape index (κ1) is 10.8. The van der Waals surface area contributed by atoms with Gasteiger partial charge in [-0.2, -0.15) is 0 Å². The molecule has 0 heterocycles. The number of aryl methyl sites for hydroxylation is 1. The van der Waals surface area contributed by atoms with Crippen LogP contribution in [0, 0.1) is 6.85 Å². The Hall–Kier alpha value is -2.04. The standard InChI is InChI=1S/C14H19NO4/c1-9-6-7-10(12(16)18-5)8-11(9)15-13(17)19-14(2,3)4/h6-8H,1-5H3,(H,15,17)/i1D3. The fourth-order valence-electron chi connectivity index (χ4n) is 1.31. The van der Waals surface area contributed by atoms with Gasteiger partial charge >= 0.3 is 12.1 Å². The van der Waals surface area contributed by atoms with Crippen LogP contribution < -0.4 is 5.32 Å². The average Bonchev–Trinajstić information content (AvgIpc) is 2.33. The zero-order chi connectivity index (χ0) is 17.1. The summed E-state index contributed by atoms with van der Waals surface area (Å²) in [5.41, 5.74) is -0.714. The van der Waals surface area contributed by atoms with Crippen LogP contribution in [0.1, 0.15) is 40.8 Å². The van der Waals surface area contributed by atoms with Crippen molar-refractivity contribution < 1.29 is 23.2 Å². The van der Waals surface area contributed by atoms with Crippen molar-refractivity contribution >= 4 is 17.7 Å². The molecule has 5 heteroatoms. The predicted molar refractivity (Wildman–Crippen MR) is 72.4 cm³/mol. The molecule has 0 fully saturated rings. The Bertz CT molecular complexity index is 576. The fourth-order valence-corrected chi connectivity index (χ4v) is 1.31. The topological polar surface area (TPSA) is 64.6 Å². The van der Waals surface area contributed by atoms with Crippen LogP contribution in [-0.2, 0) is 9.47 Å². The van der Waals surface area contributed by atoms with Gasteiger partial charge in [-0.05, 0) is 45.3 Å². The Morgan fingerprint density at radius 3 is 2.53 bits per heavy atom. The van der Waals surface area contributed by atoms with Crippen LogP contribution in [0.25, 0.3) is 0 Å². The van der Waals surface area contributed by atoms with Crippen LogP contribution in [0.3, 0.4) is 0 Å². The fraction of sp³-hybridized carbons (Fsp3) is 0.429. The SMILES string of the molecule is [2H]C([2H])([2H])c1ccc(C(=O)OC)cc1NC(=O)OC(C)(C)C. The van der Waals surface area contributed by atoms with Gasteiger partial charge in [-0.15, -0.1) is 0 Å².